The van der Waals surface area contributed by atoms with Crippen LogP contribution in [0.5, 0.6) is 0 Å². The molecule has 0 amide bonds. The summed E-state index contributed by atoms with van der Waals surface area (Å²) in [5.74, 6) is 0.621. The van der Waals surface area contributed by atoms with Crippen LogP contribution in [0, 0.1) is 0 Å². The van der Waals surface area contributed by atoms with Crippen molar-refractivity contribution in [3.63, 3.8) is 0 Å². The van der Waals surface area contributed by atoms with E-state index < -0.39 is 0 Å². The predicted molar refractivity (Wildman–Crippen MR) is 87.5 cm³/mol. The molecule has 0 saturated carbocycles. The topological polar surface area (TPSA) is 46.1 Å². The van der Waals surface area contributed by atoms with Gasteiger partial charge >= 0.3 is 0 Å². The number of hydrogen-bond donors (Lipinski definition) is 1. The summed E-state index contributed by atoms with van der Waals surface area (Å²) in [6.07, 6.45) is 4.74. The Labute approximate surface area is 129 Å². The predicted octanol–water partition coefficient (Wildman–Crippen LogP) is 2.39. The lowest BCUT2D eigenvalue weighted by molar-refractivity contribution is 0.215. The summed E-state index contributed by atoms with van der Waals surface area (Å²) in [5.41, 5.74) is 0.156. The van der Waals surface area contributed by atoms with E-state index in [1.54, 1.807) is 13.4 Å². The molecule has 1 rings (SSSR count). The zero-order chi connectivity index (χ0) is 15.9. The molecule has 1 fully saturated rings. The number of aliphatic imine (C=N–C) groups is 1. The molecule has 21 heavy (non-hydrogen) atoms. The molecule has 1 saturated heterocycles. The summed E-state index contributed by atoms with van der Waals surface area (Å²) in [5, 5.41) is 3.66. The normalized spacial score (nSPS) is 23.0. The Hall–Kier alpha value is -0.910. The number of likely N-dealkylation sites (tertiary alicyclic amines) is 1. The Bertz CT molecular complexity index is 361. The zero-order valence-electron chi connectivity index (χ0n) is 14.3. The molecule has 0 aromatic rings. The summed E-state index contributed by atoms with van der Waals surface area (Å²) >= 11 is 0. The van der Waals surface area contributed by atoms with Crippen molar-refractivity contribution in [2.75, 3.05) is 26.8 Å². The van der Waals surface area contributed by atoms with E-state index in [1.165, 1.54) is 0 Å². The van der Waals surface area contributed by atoms with Crippen molar-refractivity contribution in [1.82, 2.24) is 10.2 Å². The average molecular weight is 297 g/mol. The lowest BCUT2D eigenvalue weighted by Gasteiger charge is -2.27. The smallest absolute Gasteiger partial charge is 0.216 e. The van der Waals surface area contributed by atoms with Gasteiger partial charge in [-0.2, -0.15) is 0 Å². The van der Waals surface area contributed by atoms with E-state index >= 15 is 0 Å². The Morgan fingerprint density at radius 3 is 2.76 bits per heavy atom. The van der Waals surface area contributed by atoms with Crippen LogP contribution in [0.1, 0.15) is 41.0 Å². The van der Waals surface area contributed by atoms with Crippen LogP contribution in [0.25, 0.3) is 0 Å². The van der Waals surface area contributed by atoms with Gasteiger partial charge in [0.1, 0.15) is 12.8 Å². The van der Waals surface area contributed by atoms with E-state index in [1.807, 2.05) is 13.0 Å². The molecule has 1 aliphatic rings. The third-order valence-corrected chi connectivity index (χ3v) is 3.32. The standard InChI is InChI=1S/C16H31N3O2/c1-7-10-21-15(12-20-6)17-13(2)19-9-8-14(11-19)18-16(3,4)5/h7,10,13-14,18H,8-9,11-12H2,1-6H3/b10-7+,17-15-. The summed E-state index contributed by atoms with van der Waals surface area (Å²) < 4.78 is 10.6. The van der Waals surface area contributed by atoms with E-state index in [2.05, 4.69) is 42.9 Å². The van der Waals surface area contributed by atoms with Gasteiger partial charge in [-0.25, -0.2) is 4.99 Å². The fraction of sp³-hybridized carbons (Fsp3) is 0.812. The molecule has 1 N–H and O–H groups in total. The van der Waals surface area contributed by atoms with E-state index in [-0.39, 0.29) is 11.7 Å². The molecule has 0 aromatic carbocycles. The first-order valence-electron chi connectivity index (χ1n) is 7.71. The maximum Gasteiger partial charge on any atom is 0.216 e. The number of nitrogens with zero attached hydrogens (tertiary/aromatic N) is 2. The van der Waals surface area contributed by atoms with Crippen molar-refractivity contribution >= 4 is 5.90 Å². The van der Waals surface area contributed by atoms with Gasteiger partial charge in [-0.05, 0) is 41.0 Å². The minimum Gasteiger partial charge on any atom is -0.449 e. The molecule has 0 aromatic heterocycles. The van der Waals surface area contributed by atoms with Gasteiger partial charge in [0.15, 0.2) is 0 Å². The first-order valence-corrected chi connectivity index (χ1v) is 7.71. The summed E-state index contributed by atoms with van der Waals surface area (Å²) in [6, 6.07) is 0.532. The first kappa shape index (κ1) is 18.1. The second kappa shape index (κ2) is 8.51. The van der Waals surface area contributed by atoms with Crippen LogP contribution in [0.3, 0.4) is 0 Å². The number of rotatable bonds is 6. The van der Waals surface area contributed by atoms with Crippen molar-refractivity contribution in [1.29, 1.82) is 0 Å². The van der Waals surface area contributed by atoms with E-state index in [4.69, 9.17) is 9.47 Å². The van der Waals surface area contributed by atoms with Gasteiger partial charge in [0, 0.05) is 31.8 Å². The van der Waals surface area contributed by atoms with Gasteiger partial charge in [-0.3, -0.25) is 4.90 Å². The van der Waals surface area contributed by atoms with Gasteiger partial charge in [0.25, 0.3) is 0 Å². The molecule has 2 unspecified atom stereocenters. The van der Waals surface area contributed by atoms with Crippen LogP contribution < -0.4 is 5.32 Å². The number of ether oxygens (including phenoxy) is 2. The van der Waals surface area contributed by atoms with Crippen LogP contribution >= 0.6 is 0 Å². The summed E-state index contributed by atoms with van der Waals surface area (Å²) in [7, 11) is 1.65. The molecule has 0 aliphatic carbocycles. The molecule has 122 valence electrons. The van der Waals surface area contributed by atoms with E-state index in [9.17, 15) is 0 Å². The Kier molecular flexibility index (Phi) is 7.35. The van der Waals surface area contributed by atoms with Gasteiger partial charge in [0.2, 0.25) is 5.90 Å². The Balaban J connectivity index is 2.56. The van der Waals surface area contributed by atoms with Crippen molar-refractivity contribution in [2.24, 2.45) is 4.99 Å². The Morgan fingerprint density at radius 2 is 2.19 bits per heavy atom. The SMILES string of the molecule is C/C=C/O/C(COC)=N\C(C)N1CCC(NC(C)(C)C)C1. The van der Waals surface area contributed by atoms with Gasteiger partial charge < -0.3 is 14.8 Å². The molecule has 0 bridgehead atoms. The Morgan fingerprint density at radius 1 is 1.48 bits per heavy atom. The molecule has 5 heteroatoms. The quantitative estimate of drug-likeness (QED) is 0.464. The largest absolute Gasteiger partial charge is 0.449 e. The second-order valence-electron chi connectivity index (χ2n) is 6.55. The number of allylic oxidation sites excluding steroid dienone is 1. The van der Waals surface area contributed by atoms with Gasteiger partial charge in [-0.15, -0.1) is 0 Å². The molecular weight excluding hydrogens is 266 g/mol. The highest BCUT2D eigenvalue weighted by atomic mass is 16.5. The molecule has 1 aliphatic heterocycles. The molecule has 2 atom stereocenters. The first-order chi connectivity index (χ1) is 9.85. The fourth-order valence-corrected chi connectivity index (χ4v) is 2.52. The van der Waals surface area contributed by atoms with Crippen molar-refractivity contribution < 1.29 is 9.47 Å². The van der Waals surface area contributed by atoms with Gasteiger partial charge in [-0.1, -0.05) is 6.08 Å². The van der Waals surface area contributed by atoms with Crippen LogP contribution in [0.4, 0.5) is 0 Å². The van der Waals surface area contributed by atoms with E-state index in [0.29, 0.717) is 18.5 Å². The van der Waals surface area contributed by atoms with Crippen molar-refractivity contribution in [3.8, 4) is 0 Å². The third-order valence-electron chi connectivity index (χ3n) is 3.32. The highest BCUT2D eigenvalue weighted by Crippen LogP contribution is 2.16. The number of nitrogens with one attached hydrogen (secondary N) is 1. The maximum absolute atomic E-state index is 5.47. The van der Waals surface area contributed by atoms with Crippen LogP contribution in [-0.2, 0) is 9.47 Å². The van der Waals surface area contributed by atoms with E-state index in [0.717, 1.165) is 19.5 Å². The lowest BCUT2D eigenvalue weighted by atomic mass is 10.1. The highest BCUT2D eigenvalue weighted by Gasteiger charge is 2.28. The zero-order valence-corrected chi connectivity index (χ0v) is 14.3. The van der Waals surface area contributed by atoms with Crippen molar-refractivity contribution in [3.05, 3.63) is 12.3 Å². The lowest BCUT2D eigenvalue weighted by Crippen LogP contribution is -2.45. The molecule has 1 heterocycles. The minimum atomic E-state index is 0.104. The average Bonchev–Trinajstić information content (AvgIpc) is 2.82. The van der Waals surface area contributed by atoms with Gasteiger partial charge in [0.05, 0.1) is 6.26 Å². The second-order valence-corrected chi connectivity index (χ2v) is 6.55. The molecule has 0 spiro atoms. The number of methoxy groups -OCH3 is 1. The highest BCUT2D eigenvalue weighted by molar-refractivity contribution is 5.78. The van der Waals surface area contributed by atoms with Crippen LogP contribution in [0.2, 0.25) is 0 Å². The molecule has 0 radical (unpaired) electrons. The number of hydrogen-bond acceptors (Lipinski definition) is 5. The monoisotopic (exact) mass is 297 g/mol. The molecular formula is C16H31N3O2. The van der Waals surface area contributed by atoms with Crippen LogP contribution in [-0.4, -0.2) is 55.4 Å². The molecule has 5 nitrogen and oxygen atoms in total. The fourth-order valence-electron chi connectivity index (χ4n) is 2.52. The van der Waals surface area contributed by atoms with Crippen LogP contribution in [0.15, 0.2) is 17.3 Å². The van der Waals surface area contributed by atoms with Crippen molar-refractivity contribution in [2.45, 2.75) is 58.8 Å². The summed E-state index contributed by atoms with van der Waals surface area (Å²) in [6.45, 7) is 13.1. The third kappa shape index (κ3) is 7.07. The minimum absolute atomic E-state index is 0.104. The summed E-state index contributed by atoms with van der Waals surface area (Å²) in [4.78, 5) is 7.01. The maximum atomic E-state index is 5.47.